The Hall–Kier alpha value is -1.48. The number of hydrogen-bond donors (Lipinski definition) is 2. The Kier molecular flexibility index (Phi) is 3.38. The number of aromatic hydroxyl groups is 1. The van der Waals surface area contributed by atoms with Crippen LogP contribution in [0.3, 0.4) is 0 Å². The van der Waals surface area contributed by atoms with E-state index in [-0.39, 0.29) is 0 Å². The minimum Gasteiger partial charge on any atom is -0.508 e. The number of nitrogens with zero attached hydrogens (tertiary/aromatic N) is 1. The van der Waals surface area contributed by atoms with Gasteiger partial charge in [0.1, 0.15) is 5.75 Å². The van der Waals surface area contributed by atoms with Gasteiger partial charge in [-0.2, -0.15) is 0 Å². The molecular weight excluding hydrogens is 212 g/mol. The van der Waals surface area contributed by atoms with Crippen LogP contribution >= 0.6 is 0 Å². The van der Waals surface area contributed by atoms with E-state index < -0.39 is 0 Å². The molecule has 0 saturated carbocycles. The van der Waals surface area contributed by atoms with E-state index >= 15 is 0 Å². The first-order chi connectivity index (χ1) is 8.13. The van der Waals surface area contributed by atoms with E-state index in [2.05, 4.69) is 29.8 Å². The second-order valence-corrected chi connectivity index (χ2v) is 4.70. The first-order valence-corrected chi connectivity index (χ1v) is 6.11. The second kappa shape index (κ2) is 4.80. The smallest absolute Gasteiger partial charge is 0.116 e. The fourth-order valence-electron chi connectivity index (χ4n) is 2.34. The van der Waals surface area contributed by atoms with Crippen molar-refractivity contribution in [1.82, 2.24) is 9.88 Å². The van der Waals surface area contributed by atoms with Gasteiger partial charge in [-0.25, -0.2) is 0 Å². The molecule has 1 heterocycles. The van der Waals surface area contributed by atoms with Gasteiger partial charge in [0.25, 0.3) is 0 Å². The van der Waals surface area contributed by atoms with Crippen molar-refractivity contribution in [3.8, 4) is 5.75 Å². The van der Waals surface area contributed by atoms with Crippen molar-refractivity contribution in [2.75, 3.05) is 13.6 Å². The quantitative estimate of drug-likeness (QED) is 0.850. The summed E-state index contributed by atoms with van der Waals surface area (Å²) < 4.78 is 2.34. The molecule has 0 unspecified atom stereocenters. The third kappa shape index (κ3) is 2.29. The Balaban J connectivity index is 2.53. The van der Waals surface area contributed by atoms with Crippen molar-refractivity contribution >= 4 is 10.9 Å². The summed E-state index contributed by atoms with van der Waals surface area (Å²) in [5.41, 5.74) is 2.51. The highest BCUT2D eigenvalue weighted by Gasteiger charge is 2.11. The van der Waals surface area contributed by atoms with Crippen molar-refractivity contribution in [1.29, 1.82) is 0 Å². The fraction of sp³-hybridized carbons (Fsp3) is 0.429. The molecule has 0 atom stereocenters. The highest BCUT2D eigenvalue weighted by atomic mass is 16.3. The van der Waals surface area contributed by atoms with E-state index in [1.165, 1.54) is 11.2 Å². The van der Waals surface area contributed by atoms with Crippen molar-refractivity contribution in [3.63, 3.8) is 0 Å². The topological polar surface area (TPSA) is 37.2 Å². The van der Waals surface area contributed by atoms with E-state index in [4.69, 9.17) is 0 Å². The number of phenolic OH excluding ortho intramolecular Hbond substituents is 1. The molecule has 0 radical (unpaired) electrons. The van der Waals surface area contributed by atoms with Gasteiger partial charge in [-0.1, -0.05) is 0 Å². The second-order valence-electron chi connectivity index (χ2n) is 4.70. The molecule has 0 aliphatic carbocycles. The molecule has 92 valence electrons. The Bertz CT molecular complexity index is 514. The van der Waals surface area contributed by atoms with E-state index in [9.17, 15) is 5.11 Å². The van der Waals surface area contributed by atoms with Crippen LogP contribution in [0.2, 0.25) is 0 Å². The summed E-state index contributed by atoms with van der Waals surface area (Å²) in [6.45, 7) is 5.35. The van der Waals surface area contributed by atoms with Gasteiger partial charge in [0.2, 0.25) is 0 Å². The highest BCUT2D eigenvalue weighted by Crippen LogP contribution is 2.27. The Morgan fingerprint density at radius 2 is 2.06 bits per heavy atom. The first kappa shape index (κ1) is 12.0. The van der Waals surface area contributed by atoms with Crippen LogP contribution in [0.1, 0.15) is 25.6 Å². The van der Waals surface area contributed by atoms with E-state index in [0.29, 0.717) is 11.8 Å². The normalized spacial score (nSPS) is 11.5. The third-order valence-electron chi connectivity index (χ3n) is 3.05. The summed E-state index contributed by atoms with van der Waals surface area (Å²) in [6, 6.07) is 8.18. The van der Waals surface area contributed by atoms with Crippen molar-refractivity contribution in [2.45, 2.75) is 26.3 Å². The fourth-order valence-corrected chi connectivity index (χ4v) is 2.34. The number of nitrogens with one attached hydrogen (secondary N) is 1. The Morgan fingerprint density at radius 1 is 1.29 bits per heavy atom. The third-order valence-corrected chi connectivity index (χ3v) is 3.05. The maximum atomic E-state index is 9.52. The number of phenols is 1. The SMILES string of the molecule is CNCCc1cc2cc(O)ccc2n1C(C)C. The number of aromatic nitrogens is 1. The molecule has 0 amide bonds. The van der Waals surface area contributed by atoms with Gasteiger partial charge >= 0.3 is 0 Å². The van der Waals surface area contributed by atoms with Gasteiger partial charge in [0.15, 0.2) is 0 Å². The molecule has 2 aromatic rings. The van der Waals surface area contributed by atoms with Crippen LogP contribution in [-0.4, -0.2) is 23.3 Å². The predicted octanol–water partition coefficient (Wildman–Crippen LogP) is 2.69. The maximum absolute atomic E-state index is 9.52. The van der Waals surface area contributed by atoms with Crippen molar-refractivity contribution in [2.24, 2.45) is 0 Å². The largest absolute Gasteiger partial charge is 0.508 e. The number of likely N-dealkylation sites (N-methyl/N-ethyl adjacent to an activating group) is 1. The van der Waals surface area contributed by atoms with E-state index in [1.54, 1.807) is 6.07 Å². The lowest BCUT2D eigenvalue weighted by molar-refractivity contribution is 0.476. The minimum atomic E-state index is 0.332. The summed E-state index contributed by atoms with van der Waals surface area (Å²) in [7, 11) is 1.97. The zero-order chi connectivity index (χ0) is 12.4. The number of hydrogen-bond acceptors (Lipinski definition) is 2. The molecule has 0 spiro atoms. The van der Waals surface area contributed by atoms with Crippen molar-refractivity contribution < 1.29 is 5.11 Å². The Labute approximate surface area is 102 Å². The number of fused-ring (bicyclic) bond motifs is 1. The molecule has 1 aromatic carbocycles. The van der Waals surface area contributed by atoms with Crippen LogP contribution in [-0.2, 0) is 6.42 Å². The average Bonchev–Trinajstić information content (AvgIpc) is 2.63. The number of rotatable bonds is 4. The summed E-state index contributed by atoms with van der Waals surface area (Å²) >= 11 is 0. The van der Waals surface area contributed by atoms with Gasteiger partial charge < -0.3 is 15.0 Å². The monoisotopic (exact) mass is 232 g/mol. The van der Waals surface area contributed by atoms with E-state index in [0.717, 1.165) is 18.4 Å². The van der Waals surface area contributed by atoms with Crippen LogP contribution in [0, 0.1) is 0 Å². The van der Waals surface area contributed by atoms with Crippen LogP contribution < -0.4 is 5.32 Å². The molecule has 0 aliphatic heterocycles. The average molecular weight is 232 g/mol. The molecule has 17 heavy (non-hydrogen) atoms. The van der Waals surface area contributed by atoms with E-state index in [1.807, 2.05) is 19.2 Å². The van der Waals surface area contributed by atoms with Gasteiger partial charge in [0.05, 0.1) is 0 Å². The lowest BCUT2D eigenvalue weighted by Gasteiger charge is -2.14. The van der Waals surface area contributed by atoms with Crippen LogP contribution in [0.5, 0.6) is 5.75 Å². The standard InChI is InChI=1S/C14H20N2O/c1-10(2)16-12(6-7-15-3)8-11-9-13(17)4-5-14(11)16/h4-5,8-10,15,17H,6-7H2,1-3H3. The molecule has 2 rings (SSSR count). The van der Waals surface area contributed by atoms with Crippen LogP contribution in [0.4, 0.5) is 0 Å². The van der Waals surface area contributed by atoms with Gasteiger partial charge in [-0.15, -0.1) is 0 Å². The lowest BCUT2D eigenvalue weighted by Crippen LogP contribution is -2.14. The zero-order valence-corrected chi connectivity index (χ0v) is 10.7. The molecule has 0 saturated heterocycles. The molecular formula is C14H20N2O. The molecule has 0 bridgehead atoms. The molecule has 3 heteroatoms. The Morgan fingerprint density at radius 3 is 2.71 bits per heavy atom. The molecule has 0 fully saturated rings. The minimum absolute atomic E-state index is 0.332. The van der Waals surface area contributed by atoms with Gasteiger partial charge in [-0.3, -0.25) is 0 Å². The summed E-state index contributed by atoms with van der Waals surface area (Å²) in [6.07, 6.45) is 1.00. The summed E-state index contributed by atoms with van der Waals surface area (Å²) in [4.78, 5) is 0. The van der Waals surface area contributed by atoms with Crippen LogP contribution in [0.15, 0.2) is 24.3 Å². The molecule has 1 aromatic heterocycles. The van der Waals surface area contributed by atoms with Gasteiger partial charge in [-0.05, 0) is 45.2 Å². The maximum Gasteiger partial charge on any atom is 0.116 e. The molecule has 0 aliphatic rings. The summed E-state index contributed by atoms with van der Waals surface area (Å²) in [5.74, 6) is 0.332. The number of benzene rings is 1. The predicted molar refractivity (Wildman–Crippen MR) is 71.6 cm³/mol. The van der Waals surface area contributed by atoms with Crippen molar-refractivity contribution in [3.05, 3.63) is 30.0 Å². The lowest BCUT2D eigenvalue weighted by atomic mass is 10.2. The summed E-state index contributed by atoms with van der Waals surface area (Å²) in [5, 5.41) is 13.8. The zero-order valence-electron chi connectivity index (χ0n) is 10.7. The van der Waals surface area contributed by atoms with Gasteiger partial charge in [0, 0.05) is 35.6 Å². The molecule has 3 nitrogen and oxygen atoms in total. The van der Waals surface area contributed by atoms with Crippen LogP contribution in [0.25, 0.3) is 10.9 Å². The highest BCUT2D eigenvalue weighted by molar-refractivity contribution is 5.83. The molecule has 2 N–H and O–H groups in total. The first-order valence-electron chi connectivity index (χ1n) is 6.11.